The number of carbonyl (C=O) groups excluding carboxylic acids is 1. The quantitative estimate of drug-likeness (QED) is 0.501. The van der Waals surface area contributed by atoms with Crippen molar-refractivity contribution in [2.45, 2.75) is 25.3 Å². The number of hydrogen-bond acceptors (Lipinski definition) is 5. The van der Waals surface area contributed by atoms with Gasteiger partial charge in [-0.2, -0.15) is 5.10 Å². The number of halogens is 1. The van der Waals surface area contributed by atoms with Crippen LogP contribution in [0.4, 0.5) is 5.69 Å². The van der Waals surface area contributed by atoms with Gasteiger partial charge >= 0.3 is 5.97 Å². The number of hydrogen-bond donors (Lipinski definition) is 1. The zero-order valence-electron chi connectivity index (χ0n) is 14.8. The third-order valence-electron chi connectivity index (χ3n) is 4.12. The van der Waals surface area contributed by atoms with E-state index in [1.165, 1.54) is 13.3 Å². The largest absolute Gasteiger partial charge is 0.465 e. The first-order valence-corrected chi connectivity index (χ1v) is 8.95. The molecule has 0 aliphatic carbocycles. The van der Waals surface area contributed by atoms with Gasteiger partial charge in [0.2, 0.25) is 0 Å². The predicted octanol–water partition coefficient (Wildman–Crippen LogP) is 4.02. The fourth-order valence-corrected chi connectivity index (χ4v) is 3.06. The number of benzene rings is 1. The molecular formula is C19H21ClN4O2. The Bertz CT molecular complexity index is 895. The molecule has 0 saturated heterocycles. The van der Waals surface area contributed by atoms with Crippen LogP contribution >= 0.6 is 11.6 Å². The number of ether oxygens (including phenoxy) is 1. The second kappa shape index (κ2) is 8.19. The lowest BCUT2D eigenvalue weighted by Crippen LogP contribution is -2.11. The molecule has 1 N–H and O–H groups in total. The van der Waals surface area contributed by atoms with Crippen molar-refractivity contribution >= 4 is 34.3 Å². The number of pyridine rings is 1. The van der Waals surface area contributed by atoms with Crippen LogP contribution < -0.4 is 5.32 Å². The maximum absolute atomic E-state index is 12.1. The van der Waals surface area contributed by atoms with Crippen molar-refractivity contribution in [1.29, 1.82) is 0 Å². The summed E-state index contributed by atoms with van der Waals surface area (Å²) in [7, 11) is 1.36. The summed E-state index contributed by atoms with van der Waals surface area (Å²) in [5, 5.41) is 8.27. The molecule has 6 nitrogen and oxygen atoms in total. The van der Waals surface area contributed by atoms with Gasteiger partial charge in [0.25, 0.3) is 0 Å². The minimum absolute atomic E-state index is 0.228. The van der Waals surface area contributed by atoms with E-state index in [0.717, 1.165) is 23.9 Å². The Kier molecular flexibility index (Phi) is 5.73. The standard InChI is InChI=1S/C19H21ClN4O2/c1-3-9-21-17-14-11-23-24(12-16(20)13-7-5-4-6-8-13)18(14)22-10-15(17)19(25)26-2/h4-8,10-11,16H,3,9,12H2,1-2H3,(H,21,22). The average molecular weight is 373 g/mol. The second-order valence-electron chi connectivity index (χ2n) is 5.91. The highest BCUT2D eigenvalue weighted by Crippen LogP contribution is 2.29. The van der Waals surface area contributed by atoms with Crippen molar-refractivity contribution < 1.29 is 9.53 Å². The molecule has 2 heterocycles. The van der Waals surface area contributed by atoms with Crippen LogP contribution in [0, 0.1) is 0 Å². The predicted molar refractivity (Wildman–Crippen MR) is 103 cm³/mol. The normalized spacial score (nSPS) is 12.1. The zero-order valence-corrected chi connectivity index (χ0v) is 15.5. The maximum Gasteiger partial charge on any atom is 0.341 e. The van der Waals surface area contributed by atoms with Crippen LogP contribution in [0.2, 0.25) is 0 Å². The maximum atomic E-state index is 12.1. The van der Waals surface area contributed by atoms with Gasteiger partial charge in [-0.05, 0) is 12.0 Å². The Morgan fingerprint density at radius 1 is 1.31 bits per heavy atom. The fourth-order valence-electron chi connectivity index (χ4n) is 2.78. The summed E-state index contributed by atoms with van der Waals surface area (Å²) in [5.74, 6) is -0.426. The molecule has 136 valence electrons. The summed E-state index contributed by atoms with van der Waals surface area (Å²) in [6.07, 6.45) is 4.16. The van der Waals surface area contributed by atoms with Gasteiger partial charge in [-0.3, -0.25) is 0 Å². The highest BCUT2D eigenvalue weighted by molar-refractivity contribution is 6.20. The molecule has 3 aromatic rings. The fraction of sp³-hybridized carbons (Fsp3) is 0.316. The molecule has 0 spiro atoms. The van der Waals surface area contributed by atoms with Gasteiger partial charge in [-0.15, -0.1) is 11.6 Å². The van der Waals surface area contributed by atoms with Crippen LogP contribution in [0.3, 0.4) is 0 Å². The van der Waals surface area contributed by atoms with Crippen molar-refractivity contribution in [3.63, 3.8) is 0 Å². The number of carbonyl (C=O) groups is 1. The van der Waals surface area contributed by atoms with E-state index in [2.05, 4.69) is 22.3 Å². The summed E-state index contributed by atoms with van der Waals surface area (Å²) in [6, 6.07) is 9.85. The first-order chi connectivity index (χ1) is 12.7. The van der Waals surface area contributed by atoms with E-state index in [-0.39, 0.29) is 5.38 Å². The Morgan fingerprint density at radius 2 is 2.08 bits per heavy atom. The molecule has 0 fully saturated rings. The SMILES string of the molecule is CCCNc1c(C(=O)OC)cnc2c1cnn2CC(Cl)c1ccccc1. The third-order valence-corrected chi connectivity index (χ3v) is 4.51. The molecule has 0 aliphatic rings. The summed E-state index contributed by atoms with van der Waals surface area (Å²) >= 11 is 6.55. The molecule has 0 radical (unpaired) electrons. The minimum Gasteiger partial charge on any atom is -0.465 e. The van der Waals surface area contributed by atoms with E-state index in [1.54, 1.807) is 10.9 Å². The summed E-state index contributed by atoms with van der Waals surface area (Å²) in [5.41, 5.74) is 2.80. The zero-order chi connectivity index (χ0) is 18.5. The molecule has 1 aromatic carbocycles. The molecule has 2 aromatic heterocycles. The third kappa shape index (κ3) is 3.65. The van der Waals surface area contributed by atoms with Gasteiger partial charge in [0.05, 0.1) is 36.3 Å². The first-order valence-electron chi connectivity index (χ1n) is 8.51. The topological polar surface area (TPSA) is 69.0 Å². The molecule has 0 saturated carbocycles. The number of aromatic nitrogens is 3. The first kappa shape index (κ1) is 18.2. The molecular weight excluding hydrogens is 352 g/mol. The smallest absolute Gasteiger partial charge is 0.341 e. The van der Waals surface area contributed by atoms with Crippen molar-refractivity contribution in [3.05, 3.63) is 53.9 Å². The summed E-state index contributed by atoms with van der Waals surface area (Å²) in [4.78, 5) is 16.5. The van der Waals surface area contributed by atoms with E-state index in [4.69, 9.17) is 16.3 Å². The van der Waals surface area contributed by atoms with Gasteiger partial charge in [-0.25, -0.2) is 14.5 Å². The number of fused-ring (bicyclic) bond motifs is 1. The Balaban J connectivity index is 1.97. The highest BCUT2D eigenvalue weighted by Gasteiger charge is 2.19. The van der Waals surface area contributed by atoms with Crippen LogP contribution in [0.15, 0.2) is 42.7 Å². The molecule has 0 aliphatic heterocycles. The molecule has 0 amide bonds. The molecule has 26 heavy (non-hydrogen) atoms. The monoisotopic (exact) mass is 372 g/mol. The van der Waals surface area contributed by atoms with Gasteiger partial charge in [0, 0.05) is 12.7 Å². The van der Waals surface area contributed by atoms with E-state index in [9.17, 15) is 4.79 Å². The highest BCUT2D eigenvalue weighted by atomic mass is 35.5. The van der Waals surface area contributed by atoms with E-state index in [1.807, 2.05) is 30.3 Å². The van der Waals surface area contributed by atoms with Crippen LogP contribution in [0.1, 0.15) is 34.6 Å². The van der Waals surface area contributed by atoms with Crippen LogP contribution in [-0.4, -0.2) is 34.4 Å². The van der Waals surface area contributed by atoms with E-state index < -0.39 is 5.97 Å². The van der Waals surface area contributed by atoms with Crippen molar-refractivity contribution in [2.24, 2.45) is 0 Å². The lowest BCUT2D eigenvalue weighted by atomic mass is 10.1. The number of nitrogens with one attached hydrogen (secondary N) is 1. The van der Waals surface area contributed by atoms with Crippen LogP contribution in [-0.2, 0) is 11.3 Å². The Morgan fingerprint density at radius 3 is 2.77 bits per heavy atom. The number of anilines is 1. The number of nitrogens with zero attached hydrogens (tertiary/aromatic N) is 3. The minimum atomic E-state index is -0.426. The summed E-state index contributed by atoms with van der Waals surface area (Å²) in [6.45, 7) is 3.27. The number of esters is 1. The molecule has 1 atom stereocenters. The van der Waals surface area contributed by atoms with Gasteiger partial charge in [0.1, 0.15) is 5.56 Å². The number of methoxy groups -OCH3 is 1. The summed E-state index contributed by atoms with van der Waals surface area (Å²) < 4.78 is 6.63. The number of rotatable bonds is 7. The van der Waals surface area contributed by atoms with Gasteiger partial charge in [-0.1, -0.05) is 37.3 Å². The van der Waals surface area contributed by atoms with Gasteiger partial charge < -0.3 is 10.1 Å². The average Bonchev–Trinajstić information content (AvgIpc) is 3.09. The second-order valence-corrected chi connectivity index (χ2v) is 6.43. The lowest BCUT2D eigenvalue weighted by molar-refractivity contribution is 0.0601. The Labute approximate surface area is 157 Å². The van der Waals surface area contributed by atoms with Crippen molar-refractivity contribution in [3.8, 4) is 0 Å². The number of alkyl halides is 1. The molecule has 3 rings (SSSR count). The van der Waals surface area contributed by atoms with Crippen molar-refractivity contribution in [1.82, 2.24) is 14.8 Å². The van der Waals surface area contributed by atoms with Gasteiger partial charge in [0.15, 0.2) is 5.65 Å². The van der Waals surface area contributed by atoms with E-state index in [0.29, 0.717) is 23.4 Å². The van der Waals surface area contributed by atoms with Crippen LogP contribution in [0.25, 0.3) is 11.0 Å². The Hall–Kier alpha value is -2.60. The van der Waals surface area contributed by atoms with Crippen molar-refractivity contribution in [2.75, 3.05) is 19.0 Å². The van der Waals surface area contributed by atoms with Crippen LogP contribution in [0.5, 0.6) is 0 Å². The molecule has 7 heteroatoms. The molecule has 0 bridgehead atoms. The van der Waals surface area contributed by atoms with E-state index >= 15 is 0 Å². The lowest BCUT2D eigenvalue weighted by Gasteiger charge is -2.13. The molecule has 1 unspecified atom stereocenters.